The largest absolute Gasteiger partial charge is 0.451 e. The fraction of sp³-hybridized carbons (Fsp3) is 0.229. The number of hydrogen-bond donors (Lipinski definition) is 0. The highest BCUT2D eigenvalue weighted by molar-refractivity contribution is 6.04. The number of amides is 1. The number of benzene rings is 4. The summed E-state index contributed by atoms with van der Waals surface area (Å²) in [5.41, 5.74) is 2.28. The molecule has 1 aromatic heterocycles. The Morgan fingerprint density at radius 2 is 1.58 bits per heavy atom. The molecule has 0 aliphatic carbocycles. The van der Waals surface area contributed by atoms with Gasteiger partial charge in [0.2, 0.25) is 5.43 Å². The van der Waals surface area contributed by atoms with Crippen LogP contribution in [0.4, 0.5) is 15.8 Å². The molecule has 0 N–H and O–H groups in total. The van der Waals surface area contributed by atoms with Gasteiger partial charge in [0.05, 0.1) is 35.5 Å². The summed E-state index contributed by atoms with van der Waals surface area (Å²) >= 11 is 0. The molecule has 0 unspecified atom stereocenters. The molecule has 2 saturated heterocycles. The first-order chi connectivity index (χ1) is 22.0. The number of anilines is 2. The van der Waals surface area contributed by atoms with Crippen LogP contribution in [-0.4, -0.2) is 67.9 Å². The van der Waals surface area contributed by atoms with Crippen molar-refractivity contribution >= 4 is 39.0 Å². The standard InChI is InChI=1S/C35H28FN5O4/c36-27-19-25-31-34(32(27)39-13-11-38(12-14-39)28-8-4-2-6-23(28)20-37)45-29-10-9-22-5-1-3-7-24(22)30(29)41(31)21-26(33(25)42)35(43)40-15-17-44-18-16-40/h1-10,19,21H,11-18H2. The molecule has 4 heterocycles. The molecular formula is C35H28FN5O4. The number of carbonyl (C=O) groups is 1. The number of morpholine rings is 1. The zero-order valence-corrected chi connectivity index (χ0v) is 24.3. The molecule has 3 aliphatic heterocycles. The quantitative estimate of drug-likeness (QED) is 0.280. The van der Waals surface area contributed by atoms with E-state index in [-0.39, 0.29) is 22.4 Å². The van der Waals surface area contributed by atoms with Crippen molar-refractivity contribution in [2.24, 2.45) is 0 Å². The number of nitriles is 1. The monoisotopic (exact) mass is 601 g/mol. The zero-order valence-electron chi connectivity index (χ0n) is 24.3. The molecule has 2 fully saturated rings. The van der Waals surface area contributed by atoms with Crippen LogP contribution < -0.4 is 20.0 Å². The molecular weight excluding hydrogens is 573 g/mol. The van der Waals surface area contributed by atoms with E-state index < -0.39 is 17.2 Å². The number of para-hydroxylation sites is 1. The third-order valence-corrected chi connectivity index (χ3v) is 8.98. The highest BCUT2D eigenvalue weighted by Gasteiger charge is 2.33. The number of pyridine rings is 1. The average Bonchev–Trinajstić information content (AvgIpc) is 3.09. The summed E-state index contributed by atoms with van der Waals surface area (Å²) in [5.74, 6) is -0.236. The molecule has 45 heavy (non-hydrogen) atoms. The minimum absolute atomic E-state index is 0.0203. The fourth-order valence-corrected chi connectivity index (χ4v) is 6.76. The zero-order chi connectivity index (χ0) is 30.7. The summed E-state index contributed by atoms with van der Waals surface area (Å²) in [6, 6.07) is 22.6. The highest BCUT2D eigenvalue weighted by atomic mass is 19.1. The summed E-state index contributed by atoms with van der Waals surface area (Å²) in [5, 5.41) is 11.5. The van der Waals surface area contributed by atoms with Gasteiger partial charge in [0.15, 0.2) is 17.3 Å². The van der Waals surface area contributed by atoms with Gasteiger partial charge in [-0.15, -0.1) is 0 Å². The summed E-state index contributed by atoms with van der Waals surface area (Å²) in [4.78, 5) is 33.3. The van der Waals surface area contributed by atoms with Crippen molar-refractivity contribution in [2.75, 3.05) is 62.3 Å². The van der Waals surface area contributed by atoms with Crippen molar-refractivity contribution in [2.45, 2.75) is 0 Å². The molecule has 1 amide bonds. The number of piperazine rings is 1. The van der Waals surface area contributed by atoms with Crippen LogP contribution in [-0.2, 0) is 4.74 Å². The van der Waals surface area contributed by atoms with Crippen LogP contribution in [0.5, 0.6) is 11.5 Å². The first kappa shape index (κ1) is 27.2. The van der Waals surface area contributed by atoms with Crippen LogP contribution in [0.15, 0.2) is 77.7 Å². The second-order valence-electron chi connectivity index (χ2n) is 11.4. The molecule has 3 aliphatic rings. The maximum atomic E-state index is 16.3. The minimum Gasteiger partial charge on any atom is -0.451 e. The van der Waals surface area contributed by atoms with E-state index in [0.29, 0.717) is 75.0 Å². The molecule has 5 aromatic rings. The first-order valence-corrected chi connectivity index (χ1v) is 15.0. The van der Waals surface area contributed by atoms with Gasteiger partial charge >= 0.3 is 0 Å². The number of carbonyl (C=O) groups excluding carboxylic acids is 1. The van der Waals surface area contributed by atoms with E-state index in [1.807, 2.05) is 64.1 Å². The van der Waals surface area contributed by atoms with Gasteiger partial charge in [-0.05, 0) is 29.7 Å². The number of nitrogens with zero attached hydrogens (tertiary/aromatic N) is 5. The number of fused-ring (bicyclic) bond motifs is 4. The van der Waals surface area contributed by atoms with Crippen LogP contribution in [0.25, 0.3) is 27.4 Å². The molecule has 0 spiro atoms. The van der Waals surface area contributed by atoms with Crippen molar-refractivity contribution in [1.82, 2.24) is 9.47 Å². The number of aromatic nitrogens is 1. The molecule has 0 saturated carbocycles. The maximum absolute atomic E-state index is 16.3. The van der Waals surface area contributed by atoms with Gasteiger partial charge in [0.25, 0.3) is 5.91 Å². The van der Waals surface area contributed by atoms with Gasteiger partial charge in [0, 0.05) is 50.9 Å². The Morgan fingerprint density at radius 1 is 0.844 bits per heavy atom. The molecule has 9 nitrogen and oxygen atoms in total. The Morgan fingerprint density at radius 3 is 2.38 bits per heavy atom. The lowest BCUT2D eigenvalue weighted by atomic mass is 10.0. The van der Waals surface area contributed by atoms with E-state index in [4.69, 9.17) is 9.47 Å². The third kappa shape index (κ3) is 4.30. The highest BCUT2D eigenvalue weighted by Crippen LogP contribution is 2.48. The van der Waals surface area contributed by atoms with Crippen molar-refractivity contribution in [3.8, 4) is 23.3 Å². The Bertz CT molecular complexity index is 2120. The van der Waals surface area contributed by atoms with E-state index in [9.17, 15) is 14.9 Å². The predicted octanol–water partition coefficient (Wildman–Crippen LogP) is 5.06. The number of hydrogen-bond acceptors (Lipinski definition) is 7. The first-order valence-electron chi connectivity index (χ1n) is 15.0. The Kier molecular flexibility index (Phi) is 6.43. The predicted molar refractivity (Wildman–Crippen MR) is 169 cm³/mol. The van der Waals surface area contributed by atoms with E-state index in [1.54, 1.807) is 17.2 Å². The Balaban J connectivity index is 1.29. The molecule has 0 bridgehead atoms. The van der Waals surface area contributed by atoms with E-state index in [1.165, 1.54) is 6.07 Å². The molecule has 224 valence electrons. The van der Waals surface area contributed by atoms with Crippen LogP contribution >= 0.6 is 0 Å². The summed E-state index contributed by atoms with van der Waals surface area (Å²) in [6.07, 6.45) is 1.60. The molecule has 0 atom stereocenters. The van der Waals surface area contributed by atoms with Crippen LogP contribution in [0.3, 0.4) is 0 Å². The van der Waals surface area contributed by atoms with Gasteiger partial charge in [-0.2, -0.15) is 5.26 Å². The van der Waals surface area contributed by atoms with Gasteiger partial charge in [0.1, 0.15) is 22.8 Å². The van der Waals surface area contributed by atoms with E-state index >= 15 is 4.39 Å². The van der Waals surface area contributed by atoms with E-state index in [2.05, 4.69) is 11.0 Å². The minimum atomic E-state index is -0.591. The molecule has 8 rings (SSSR count). The van der Waals surface area contributed by atoms with Crippen molar-refractivity contribution in [3.63, 3.8) is 0 Å². The summed E-state index contributed by atoms with van der Waals surface area (Å²) < 4.78 is 30.1. The number of rotatable bonds is 3. The van der Waals surface area contributed by atoms with Crippen molar-refractivity contribution in [3.05, 3.63) is 100 Å². The smallest absolute Gasteiger partial charge is 0.259 e. The number of ether oxygens (including phenoxy) is 2. The van der Waals surface area contributed by atoms with Gasteiger partial charge in [-0.3, -0.25) is 9.59 Å². The topological polar surface area (TPSA) is 91.0 Å². The van der Waals surface area contributed by atoms with Crippen LogP contribution in [0, 0.1) is 17.1 Å². The lowest BCUT2D eigenvalue weighted by Gasteiger charge is -2.39. The number of halogens is 1. The lowest BCUT2D eigenvalue weighted by Crippen LogP contribution is -2.47. The van der Waals surface area contributed by atoms with Gasteiger partial charge in [-0.1, -0.05) is 42.5 Å². The fourth-order valence-electron chi connectivity index (χ4n) is 6.76. The average molecular weight is 602 g/mol. The second kappa shape index (κ2) is 10.6. The van der Waals surface area contributed by atoms with Gasteiger partial charge in [-0.25, -0.2) is 4.39 Å². The Hall–Kier alpha value is -5.40. The SMILES string of the molecule is N#Cc1ccccc1N1CCN(c2c(F)cc3c(=O)c(C(=O)N4CCOCC4)cn4c3c2Oc2ccc3ccccc3c2-4)CC1. The molecule has 10 heteroatoms. The molecule has 4 aromatic carbocycles. The lowest BCUT2D eigenvalue weighted by molar-refractivity contribution is 0.0302. The normalized spacial score (nSPS) is 16.0. The second-order valence-corrected chi connectivity index (χ2v) is 11.4. The third-order valence-electron chi connectivity index (χ3n) is 8.98. The van der Waals surface area contributed by atoms with Crippen molar-refractivity contribution in [1.29, 1.82) is 5.26 Å². The van der Waals surface area contributed by atoms with Crippen molar-refractivity contribution < 1.29 is 18.7 Å². The maximum Gasteiger partial charge on any atom is 0.259 e. The van der Waals surface area contributed by atoms with E-state index in [0.717, 1.165) is 16.5 Å². The summed E-state index contributed by atoms with van der Waals surface area (Å²) in [6.45, 7) is 3.62. The van der Waals surface area contributed by atoms with Gasteiger partial charge < -0.3 is 28.7 Å². The molecule has 0 radical (unpaired) electrons. The van der Waals surface area contributed by atoms with Crippen LogP contribution in [0.1, 0.15) is 15.9 Å². The Labute approximate surface area is 257 Å². The van der Waals surface area contributed by atoms with Crippen LogP contribution in [0.2, 0.25) is 0 Å². The summed E-state index contributed by atoms with van der Waals surface area (Å²) in [7, 11) is 0.